The number of pyridine rings is 1. The fourth-order valence-corrected chi connectivity index (χ4v) is 1.57. The third-order valence-electron chi connectivity index (χ3n) is 2.54. The summed E-state index contributed by atoms with van der Waals surface area (Å²) >= 11 is 0. The number of rotatable bonds is 3. The van der Waals surface area contributed by atoms with E-state index in [1.807, 2.05) is 25.5 Å². The normalized spacial score (nSPS) is 13.3. The summed E-state index contributed by atoms with van der Waals surface area (Å²) in [5, 5.41) is 4.48. The summed E-state index contributed by atoms with van der Waals surface area (Å²) in [4.78, 5) is 4.14. The molecule has 0 spiro atoms. The summed E-state index contributed by atoms with van der Waals surface area (Å²) in [5.41, 5.74) is 1.20. The predicted molar refractivity (Wildman–Crippen MR) is 58.3 cm³/mol. The number of fused-ring (bicyclic) bond motifs is 1. The maximum absolute atomic E-state index is 4.14. The van der Waals surface area contributed by atoms with E-state index in [1.54, 1.807) is 0 Å². The molecule has 0 aliphatic rings. The van der Waals surface area contributed by atoms with Gasteiger partial charge in [-0.2, -0.15) is 0 Å². The fraction of sp³-hybridized carbons (Fsp3) is 0.364. The van der Waals surface area contributed by atoms with Gasteiger partial charge in [-0.05, 0) is 26.1 Å². The number of nitrogens with one attached hydrogen (secondary N) is 1. The Labute approximate surface area is 83.8 Å². The average molecular weight is 189 g/mol. The van der Waals surface area contributed by atoms with E-state index in [0.29, 0.717) is 6.04 Å². The van der Waals surface area contributed by atoms with Crippen molar-refractivity contribution in [2.45, 2.75) is 19.5 Å². The van der Waals surface area contributed by atoms with Crippen LogP contribution in [0.1, 0.15) is 6.92 Å². The Bertz CT molecular complexity index is 419. The molecule has 0 saturated heterocycles. The van der Waals surface area contributed by atoms with Gasteiger partial charge in [0.05, 0.1) is 11.7 Å². The maximum atomic E-state index is 4.14. The van der Waals surface area contributed by atoms with Crippen LogP contribution in [0.15, 0.2) is 30.7 Å². The van der Waals surface area contributed by atoms with Gasteiger partial charge in [0.1, 0.15) is 0 Å². The number of likely N-dealkylation sites (N-methyl/N-ethyl adjacent to an activating group) is 1. The second-order valence-electron chi connectivity index (χ2n) is 3.59. The SMILES string of the molecule is CNC(C)Cn1ccc2ccncc21. The lowest BCUT2D eigenvalue weighted by Gasteiger charge is -2.11. The molecule has 0 aliphatic carbocycles. The summed E-state index contributed by atoms with van der Waals surface area (Å²) in [7, 11) is 1.98. The van der Waals surface area contributed by atoms with E-state index in [1.165, 1.54) is 10.9 Å². The molecule has 0 radical (unpaired) electrons. The standard InChI is InChI=1S/C11H15N3/c1-9(12-2)8-14-6-4-10-3-5-13-7-11(10)14/h3-7,9,12H,8H2,1-2H3. The molecular formula is C11H15N3. The molecule has 1 unspecified atom stereocenters. The van der Waals surface area contributed by atoms with Crippen molar-refractivity contribution in [3.63, 3.8) is 0 Å². The van der Waals surface area contributed by atoms with Gasteiger partial charge in [0.25, 0.3) is 0 Å². The monoisotopic (exact) mass is 189 g/mol. The zero-order valence-corrected chi connectivity index (χ0v) is 8.57. The highest BCUT2D eigenvalue weighted by atomic mass is 15.0. The van der Waals surface area contributed by atoms with Crippen molar-refractivity contribution in [3.05, 3.63) is 30.7 Å². The van der Waals surface area contributed by atoms with Crippen molar-refractivity contribution < 1.29 is 0 Å². The second kappa shape index (κ2) is 3.80. The van der Waals surface area contributed by atoms with E-state index in [2.05, 4.69) is 34.1 Å². The molecule has 0 aromatic carbocycles. The van der Waals surface area contributed by atoms with Crippen molar-refractivity contribution in [3.8, 4) is 0 Å². The van der Waals surface area contributed by atoms with Crippen molar-refractivity contribution in [2.75, 3.05) is 7.05 Å². The zero-order valence-electron chi connectivity index (χ0n) is 8.57. The van der Waals surface area contributed by atoms with E-state index in [-0.39, 0.29) is 0 Å². The minimum absolute atomic E-state index is 0.478. The Morgan fingerprint density at radius 1 is 1.50 bits per heavy atom. The zero-order chi connectivity index (χ0) is 9.97. The van der Waals surface area contributed by atoms with Gasteiger partial charge in [0.15, 0.2) is 0 Å². The van der Waals surface area contributed by atoms with E-state index in [4.69, 9.17) is 0 Å². The van der Waals surface area contributed by atoms with Crippen molar-refractivity contribution in [1.82, 2.24) is 14.9 Å². The van der Waals surface area contributed by atoms with Crippen LogP contribution in [-0.2, 0) is 6.54 Å². The first-order chi connectivity index (χ1) is 6.81. The van der Waals surface area contributed by atoms with Crippen LogP contribution in [0.4, 0.5) is 0 Å². The lowest BCUT2D eigenvalue weighted by Crippen LogP contribution is -2.26. The highest BCUT2D eigenvalue weighted by Crippen LogP contribution is 2.13. The number of hydrogen-bond donors (Lipinski definition) is 1. The third-order valence-corrected chi connectivity index (χ3v) is 2.54. The van der Waals surface area contributed by atoms with E-state index >= 15 is 0 Å². The van der Waals surface area contributed by atoms with Crippen molar-refractivity contribution in [2.24, 2.45) is 0 Å². The molecule has 74 valence electrons. The number of nitrogens with zero attached hydrogens (tertiary/aromatic N) is 2. The Morgan fingerprint density at radius 3 is 3.14 bits per heavy atom. The molecule has 2 heterocycles. The number of hydrogen-bond acceptors (Lipinski definition) is 2. The van der Waals surface area contributed by atoms with Crippen LogP contribution in [-0.4, -0.2) is 22.6 Å². The minimum atomic E-state index is 0.478. The topological polar surface area (TPSA) is 29.9 Å². The van der Waals surface area contributed by atoms with Gasteiger partial charge in [0, 0.05) is 30.4 Å². The highest BCUT2D eigenvalue weighted by Gasteiger charge is 2.03. The lowest BCUT2D eigenvalue weighted by molar-refractivity contribution is 0.525. The minimum Gasteiger partial charge on any atom is -0.345 e. The Morgan fingerprint density at radius 2 is 2.36 bits per heavy atom. The Kier molecular flexibility index (Phi) is 2.50. The molecule has 2 aromatic heterocycles. The molecular weight excluding hydrogens is 174 g/mol. The molecule has 0 bridgehead atoms. The van der Waals surface area contributed by atoms with Crippen LogP contribution in [0.25, 0.3) is 10.9 Å². The highest BCUT2D eigenvalue weighted by molar-refractivity contribution is 5.78. The van der Waals surface area contributed by atoms with Crippen LogP contribution in [0, 0.1) is 0 Å². The van der Waals surface area contributed by atoms with E-state index in [0.717, 1.165) is 6.54 Å². The summed E-state index contributed by atoms with van der Waals surface area (Å²) < 4.78 is 2.23. The second-order valence-corrected chi connectivity index (χ2v) is 3.59. The molecule has 14 heavy (non-hydrogen) atoms. The Hall–Kier alpha value is -1.35. The van der Waals surface area contributed by atoms with Gasteiger partial charge in [-0.25, -0.2) is 0 Å². The van der Waals surface area contributed by atoms with Gasteiger partial charge in [-0.15, -0.1) is 0 Å². The summed E-state index contributed by atoms with van der Waals surface area (Å²) in [6, 6.07) is 4.64. The number of aromatic nitrogens is 2. The third kappa shape index (κ3) is 1.63. The predicted octanol–water partition coefficient (Wildman–Crippen LogP) is 1.64. The largest absolute Gasteiger partial charge is 0.345 e. The van der Waals surface area contributed by atoms with Gasteiger partial charge < -0.3 is 9.88 Å². The van der Waals surface area contributed by atoms with Gasteiger partial charge in [-0.3, -0.25) is 4.98 Å². The van der Waals surface area contributed by atoms with Gasteiger partial charge in [-0.1, -0.05) is 0 Å². The van der Waals surface area contributed by atoms with E-state index in [9.17, 15) is 0 Å². The van der Waals surface area contributed by atoms with Gasteiger partial charge in [0.2, 0.25) is 0 Å². The summed E-state index contributed by atoms with van der Waals surface area (Å²) in [6.07, 6.45) is 5.85. The molecule has 2 aromatic rings. The Balaban J connectivity index is 2.33. The lowest BCUT2D eigenvalue weighted by atomic mass is 10.3. The molecule has 0 fully saturated rings. The van der Waals surface area contributed by atoms with Crippen LogP contribution in [0.5, 0.6) is 0 Å². The maximum Gasteiger partial charge on any atom is 0.0667 e. The van der Waals surface area contributed by atoms with Gasteiger partial charge >= 0.3 is 0 Å². The van der Waals surface area contributed by atoms with Crippen molar-refractivity contribution in [1.29, 1.82) is 0 Å². The van der Waals surface area contributed by atoms with Crippen LogP contribution in [0.3, 0.4) is 0 Å². The smallest absolute Gasteiger partial charge is 0.0667 e. The summed E-state index contributed by atoms with van der Waals surface area (Å²) in [5.74, 6) is 0. The average Bonchev–Trinajstić information content (AvgIpc) is 2.62. The quantitative estimate of drug-likeness (QED) is 0.795. The van der Waals surface area contributed by atoms with Crippen molar-refractivity contribution >= 4 is 10.9 Å². The first-order valence-corrected chi connectivity index (χ1v) is 4.87. The molecule has 1 atom stereocenters. The molecule has 2 rings (SSSR count). The molecule has 3 nitrogen and oxygen atoms in total. The van der Waals surface area contributed by atoms with Crippen LogP contribution in [0.2, 0.25) is 0 Å². The first kappa shape index (κ1) is 9.21. The fourth-order valence-electron chi connectivity index (χ4n) is 1.57. The van der Waals surface area contributed by atoms with Crippen LogP contribution < -0.4 is 5.32 Å². The van der Waals surface area contributed by atoms with E-state index < -0.39 is 0 Å². The first-order valence-electron chi connectivity index (χ1n) is 4.87. The molecule has 0 amide bonds. The van der Waals surface area contributed by atoms with Crippen LogP contribution >= 0.6 is 0 Å². The molecule has 3 heteroatoms. The molecule has 1 N–H and O–H groups in total. The molecule has 0 saturated carbocycles. The molecule has 0 aliphatic heterocycles. The summed E-state index contributed by atoms with van der Waals surface area (Å²) in [6.45, 7) is 3.15.